The van der Waals surface area contributed by atoms with Crippen molar-refractivity contribution in [3.8, 4) is 0 Å². The zero-order valence-electron chi connectivity index (χ0n) is 9.20. The molecule has 2 heterocycles. The highest BCUT2D eigenvalue weighted by Gasteiger charge is 2.13. The van der Waals surface area contributed by atoms with Crippen LogP contribution in [0.1, 0.15) is 32.0 Å². The van der Waals surface area contributed by atoms with Gasteiger partial charge in [-0.1, -0.05) is 26.8 Å². The summed E-state index contributed by atoms with van der Waals surface area (Å²) < 4.78 is 2.09. The maximum atomic E-state index is 4.40. The summed E-state index contributed by atoms with van der Waals surface area (Å²) in [4.78, 5) is 4.40. The Hall–Kier alpha value is -1.31. The van der Waals surface area contributed by atoms with Crippen molar-refractivity contribution >= 4 is 5.65 Å². The molecule has 14 heavy (non-hydrogen) atoms. The van der Waals surface area contributed by atoms with Crippen LogP contribution in [0.4, 0.5) is 0 Å². The van der Waals surface area contributed by atoms with Crippen LogP contribution in [0.25, 0.3) is 5.65 Å². The maximum Gasteiger partial charge on any atom is 0.136 e. The number of hydrogen-bond donors (Lipinski definition) is 0. The second-order valence-electron chi connectivity index (χ2n) is 4.82. The third-order valence-corrected chi connectivity index (χ3v) is 2.44. The number of aromatic nitrogens is 2. The zero-order valence-corrected chi connectivity index (χ0v) is 9.20. The lowest BCUT2D eigenvalue weighted by Gasteiger charge is -2.18. The van der Waals surface area contributed by atoms with E-state index in [4.69, 9.17) is 0 Å². The number of imidazole rings is 1. The van der Waals surface area contributed by atoms with Crippen molar-refractivity contribution in [2.75, 3.05) is 0 Å². The Morgan fingerprint density at radius 3 is 2.50 bits per heavy atom. The molecule has 74 valence electrons. The van der Waals surface area contributed by atoms with Crippen molar-refractivity contribution in [1.29, 1.82) is 0 Å². The first-order valence-corrected chi connectivity index (χ1v) is 4.93. The first-order valence-electron chi connectivity index (χ1n) is 4.93. The molecule has 0 aliphatic rings. The summed E-state index contributed by atoms with van der Waals surface area (Å²) >= 11 is 0. The molecule has 2 aromatic heterocycles. The predicted molar refractivity (Wildman–Crippen MR) is 58.6 cm³/mol. The van der Waals surface area contributed by atoms with E-state index in [1.165, 1.54) is 5.56 Å². The zero-order chi connectivity index (χ0) is 10.3. The lowest BCUT2D eigenvalue weighted by atomic mass is 9.88. The summed E-state index contributed by atoms with van der Waals surface area (Å²) in [6, 6.07) is 4.23. The third-order valence-electron chi connectivity index (χ3n) is 2.44. The Morgan fingerprint density at radius 2 is 1.86 bits per heavy atom. The van der Waals surface area contributed by atoms with E-state index in [-0.39, 0.29) is 5.41 Å². The summed E-state index contributed by atoms with van der Waals surface area (Å²) in [7, 11) is 0. The molecule has 0 saturated heterocycles. The van der Waals surface area contributed by atoms with E-state index in [0.717, 1.165) is 11.3 Å². The van der Waals surface area contributed by atoms with E-state index in [1.807, 2.05) is 6.92 Å². The second kappa shape index (κ2) is 2.84. The Balaban J connectivity index is 2.62. The molecule has 0 saturated carbocycles. The molecule has 0 aliphatic heterocycles. The van der Waals surface area contributed by atoms with Crippen molar-refractivity contribution in [2.24, 2.45) is 0 Å². The number of aryl methyl sites for hydroxylation is 1. The van der Waals surface area contributed by atoms with Gasteiger partial charge in [-0.15, -0.1) is 0 Å². The van der Waals surface area contributed by atoms with E-state index < -0.39 is 0 Å². The van der Waals surface area contributed by atoms with Crippen LogP contribution in [0.2, 0.25) is 0 Å². The molecule has 0 aliphatic carbocycles. The number of rotatable bonds is 0. The minimum atomic E-state index is 0.201. The van der Waals surface area contributed by atoms with Gasteiger partial charge in [-0.2, -0.15) is 0 Å². The van der Waals surface area contributed by atoms with Gasteiger partial charge < -0.3 is 4.40 Å². The summed E-state index contributed by atoms with van der Waals surface area (Å²) in [5.41, 5.74) is 3.63. The van der Waals surface area contributed by atoms with Gasteiger partial charge in [0.25, 0.3) is 0 Å². The highest BCUT2D eigenvalue weighted by atomic mass is 15.0. The average molecular weight is 188 g/mol. The van der Waals surface area contributed by atoms with Crippen LogP contribution < -0.4 is 0 Å². The van der Waals surface area contributed by atoms with Gasteiger partial charge >= 0.3 is 0 Å². The topological polar surface area (TPSA) is 17.3 Å². The monoisotopic (exact) mass is 188 g/mol. The smallest absolute Gasteiger partial charge is 0.136 e. The fourth-order valence-electron chi connectivity index (χ4n) is 1.56. The van der Waals surface area contributed by atoms with E-state index in [0.29, 0.717) is 0 Å². The van der Waals surface area contributed by atoms with Gasteiger partial charge in [0.2, 0.25) is 0 Å². The molecule has 2 rings (SSSR count). The molecule has 2 heteroatoms. The fraction of sp³-hybridized carbons (Fsp3) is 0.417. The lowest BCUT2D eigenvalue weighted by Crippen LogP contribution is -2.11. The number of nitrogens with zero attached hydrogens (tertiary/aromatic N) is 2. The van der Waals surface area contributed by atoms with Crippen molar-refractivity contribution in [2.45, 2.75) is 33.1 Å². The molecule has 0 bridgehead atoms. The Labute approximate surface area is 84.6 Å². The molecule has 2 nitrogen and oxygen atoms in total. The molecule has 0 fully saturated rings. The van der Waals surface area contributed by atoms with Crippen LogP contribution in [0.5, 0.6) is 0 Å². The van der Waals surface area contributed by atoms with E-state index in [1.54, 1.807) is 0 Å². The third kappa shape index (κ3) is 1.52. The van der Waals surface area contributed by atoms with Gasteiger partial charge in [0, 0.05) is 12.4 Å². The molecule has 0 spiro atoms. The minimum Gasteiger partial charge on any atom is -0.307 e. The normalized spacial score (nSPS) is 12.3. The van der Waals surface area contributed by atoms with E-state index in [2.05, 4.69) is 54.7 Å². The van der Waals surface area contributed by atoms with Crippen molar-refractivity contribution < 1.29 is 0 Å². The van der Waals surface area contributed by atoms with Crippen LogP contribution in [-0.2, 0) is 5.41 Å². The largest absolute Gasteiger partial charge is 0.307 e. The Kier molecular flexibility index (Phi) is 1.88. The molecule has 0 unspecified atom stereocenters. The highest BCUT2D eigenvalue weighted by molar-refractivity contribution is 5.42. The fourth-order valence-corrected chi connectivity index (χ4v) is 1.56. The van der Waals surface area contributed by atoms with Gasteiger partial charge in [0.05, 0.1) is 5.69 Å². The summed E-state index contributed by atoms with van der Waals surface area (Å²) in [5.74, 6) is 0. The highest BCUT2D eigenvalue weighted by Crippen LogP contribution is 2.22. The first kappa shape index (κ1) is 9.25. The molecule has 0 radical (unpaired) electrons. The van der Waals surface area contributed by atoms with Crippen molar-refractivity contribution in [3.63, 3.8) is 0 Å². The van der Waals surface area contributed by atoms with E-state index >= 15 is 0 Å². The maximum absolute atomic E-state index is 4.40. The second-order valence-corrected chi connectivity index (χ2v) is 4.82. The average Bonchev–Trinajstić information content (AvgIpc) is 2.41. The van der Waals surface area contributed by atoms with E-state index in [9.17, 15) is 0 Å². The lowest BCUT2D eigenvalue weighted by molar-refractivity contribution is 0.586. The number of hydrogen-bond acceptors (Lipinski definition) is 1. The molecular weight excluding hydrogens is 172 g/mol. The quantitative estimate of drug-likeness (QED) is 0.621. The van der Waals surface area contributed by atoms with Gasteiger partial charge in [0.15, 0.2) is 0 Å². The summed E-state index contributed by atoms with van der Waals surface area (Å²) in [6.45, 7) is 8.68. The predicted octanol–water partition coefficient (Wildman–Crippen LogP) is 2.94. The first-order chi connectivity index (χ1) is 6.47. The molecule has 0 N–H and O–H groups in total. The number of pyridine rings is 1. The van der Waals surface area contributed by atoms with Crippen molar-refractivity contribution in [3.05, 3.63) is 35.8 Å². The molecular formula is C12H16N2. The molecule has 0 amide bonds. The Morgan fingerprint density at radius 1 is 1.14 bits per heavy atom. The van der Waals surface area contributed by atoms with Gasteiger partial charge in [-0.3, -0.25) is 0 Å². The molecule has 0 aromatic carbocycles. The standard InChI is InChI=1S/C12H16N2/c1-9-7-14-8-10(12(2,3)4)5-6-11(14)13-9/h5-8H,1-4H3. The van der Waals surface area contributed by atoms with Crippen LogP contribution >= 0.6 is 0 Å². The Bertz CT molecular complexity index is 461. The number of fused-ring (bicyclic) bond motifs is 1. The summed E-state index contributed by atoms with van der Waals surface area (Å²) in [6.07, 6.45) is 4.22. The van der Waals surface area contributed by atoms with Crippen LogP contribution in [0, 0.1) is 6.92 Å². The summed E-state index contributed by atoms with van der Waals surface area (Å²) in [5, 5.41) is 0. The minimum absolute atomic E-state index is 0.201. The van der Waals surface area contributed by atoms with Crippen molar-refractivity contribution in [1.82, 2.24) is 9.38 Å². The van der Waals surface area contributed by atoms with Gasteiger partial charge in [0.1, 0.15) is 5.65 Å². The molecule has 0 atom stereocenters. The SMILES string of the molecule is Cc1cn2cc(C(C)(C)C)ccc2n1. The molecule has 2 aromatic rings. The van der Waals surface area contributed by atoms with Gasteiger partial charge in [-0.05, 0) is 24.0 Å². The van der Waals surface area contributed by atoms with Crippen LogP contribution in [0.15, 0.2) is 24.5 Å². The van der Waals surface area contributed by atoms with Gasteiger partial charge in [-0.25, -0.2) is 4.98 Å². The van der Waals surface area contributed by atoms with Crippen LogP contribution in [-0.4, -0.2) is 9.38 Å². The van der Waals surface area contributed by atoms with Crippen LogP contribution in [0.3, 0.4) is 0 Å².